The second-order valence-corrected chi connectivity index (χ2v) is 9.67. The van der Waals surface area contributed by atoms with Crippen LogP contribution < -0.4 is 4.72 Å². The van der Waals surface area contributed by atoms with Crippen molar-refractivity contribution >= 4 is 15.9 Å². The number of aliphatic hydroxyl groups excluding tert-OH is 1. The SMILES string of the molecule is CCN(CCO)C(=O)c1ccc(CNS(=O)(=O)c2ccc(C(C)(C)C)cc2)cc1. The molecule has 2 aromatic rings. The van der Waals surface area contributed by atoms with E-state index in [0.717, 1.165) is 11.1 Å². The minimum atomic E-state index is -3.62. The Labute approximate surface area is 173 Å². The van der Waals surface area contributed by atoms with Crippen LogP contribution in [0.5, 0.6) is 0 Å². The summed E-state index contributed by atoms with van der Waals surface area (Å²) >= 11 is 0. The summed E-state index contributed by atoms with van der Waals surface area (Å²) < 4.78 is 27.7. The molecule has 0 aromatic heterocycles. The Morgan fingerprint density at radius 1 is 1.03 bits per heavy atom. The summed E-state index contributed by atoms with van der Waals surface area (Å²) in [6, 6.07) is 13.7. The third-order valence-corrected chi connectivity index (χ3v) is 6.15. The first-order valence-electron chi connectivity index (χ1n) is 9.67. The Hall–Kier alpha value is -2.22. The molecule has 0 heterocycles. The van der Waals surface area contributed by atoms with Crippen molar-refractivity contribution in [3.05, 3.63) is 65.2 Å². The highest BCUT2D eigenvalue weighted by Crippen LogP contribution is 2.23. The predicted molar refractivity (Wildman–Crippen MR) is 114 cm³/mol. The molecule has 0 bridgehead atoms. The number of likely N-dealkylation sites (N-methyl/N-ethyl adjacent to an activating group) is 1. The van der Waals surface area contributed by atoms with Gasteiger partial charge in [0.05, 0.1) is 11.5 Å². The van der Waals surface area contributed by atoms with Crippen molar-refractivity contribution in [2.75, 3.05) is 19.7 Å². The maximum Gasteiger partial charge on any atom is 0.253 e. The normalized spacial score (nSPS) is 12.0. The lowest BCUT2D eigenvalue weighted by atomic mass is 9.87. The largest absolute Gasteiger partial charge is 0.395 e. The summed E-state index contributed by atoms with van der Waals surface area (Å²) in [6.07, 6.45) is 0. The van der Waals surface area contributed by atoms with Crippen LogP contribution in [0.3, 0.4) is 0 Å². The van der Waals surface area contributed by atoms with E-state index in [0.29, 0.717) is 12.1 Å². The first-order chi connectivity index (χ1) is 13.6. The maximum absolute atomic E-state index is 12.5. The molecule has 7 heteroatoms. The van der Waals surface area contributed by atoms with Gasteiger partial charge in [-0.05, 0) is 47.7 Å². The second kappa shape index (κ2) is 9.52. The average Bonchev–Trinajstić information content (AvgIpc) is 2.70. The number of nitrogens with one attached hydrogen (secondary N) is 1. The van der Waals surface area contributed by atoms with E-state index in [1.165, 1.54) is 0 Å². The van der Waals surface area contributed by atoms with E-state index < -0.39 is 10.0 Å². The Balaban J connectivity index is 2.04. The van der Waals surface area contributed by atoms with Crippen LogP contribution in [0, 0.1) is 0 Å². The molecule has 0 aliphatic heterocycles. The molecule has 0 aliphatic carbocycles. The number of hydrogen-bond acceptors (Lipinski definition) is 4. The number of sulfonamides is 1. The molecule has 0 spiro atoms. The molecule has 0 unspecified atom stereocenters. The summed E-state index contributed by atoms with van der Waals surface area (Å²) in [4.78, 5) is 14.2. The molecule has 0 fully saturated rings. The van der Waals surface area contributed by atoms with Crippen LogP contribution in [-0.2, 0) is 22.0 Å². The number of nitrogens with zero attached hydrogens (tertiary/aromatic N) is 1. The summed E-state index contributed by atoms with van der Waals surface area (Å²) in [5, 5.41) is 9.04. The van der Waals surface area contributed by atoms with Gasteiger partial charge in [0.15, 0.2) is 0 Å². The monoisotopic (exact) mass is 418 g/mol. The van der Waals surface area contributed by atoms with E-state index in [1.54, 1.807) is 41.3 Å². The van der Waals surface area contributed by atoms with E-state index in [1.807, 2.05) is 19.1 Å². The summed E-state index contributed by atoms with van der Waals surface area (Å²) in [6.45, 7) is 8.92. The Bertz CT molecular complexity index is 915. The molecule has 0 aliphatic rings. The molecule has 2 rings (SSSR count). The van der Waals surface area contributed by atoms with E-state index in [2.05, 4.69) is 25.5 Å². The topological polar surface area (TPSA) is 86.7 Å². The first-order valence-corrected chi connectivity index (χ1v) is 11.2. The van der Waals surface area contributed by atoms with Crippen LogP contribution in [0.2, 0.25) is 0 Å². The lowest BCUT2D eigenvalue weighted by Crippen LogP contribution is -2.33. The minimum absolute atomic E-state index is 0.0422. The fraction of sp³-hybridized carbons (Fsp3) is 0.409. The summed E-state index contributed by atoms with van der Waals surface area (Å²) in [5.41, 5.74) is 2.28. The van der Waals surface area contributed by atoms with Crippen molar-refractivity contribution in [3.63, 3.8) is 0 Å². The van der Waals surface area contributed by atoms with Crippen molar-refractivity contribution < 1.29 is 18.3 Å². The highest BCUT2D eigenvalue weighted by atomic mass is 32.2. The number of amides is 1. The van der Waals surface area contributed by atoms with Gasteiger partial charge in [-0.15, -0.1) is 0 Å². The van der Waals surface area contributed by atoms with Crippen molar-refractivity contribution in [3.8, 4) is 0 Å². The van der Waals surface area contributed by atoms with Gasteiger partial charge in [-0.2, -0.15) is 0 Å². The van der Waals surface area contributed by atoms with Gasteiger partial charge in [0.2, 0.25) is 10.0 Å². The maximum atomic E-state index is 12.5. The molecule has 6 nitrogen and oxygen atoms in total. The zero-order valence-electron chi connectivity index (χ0n) is 17.5. The van der Waals surface area contributed by atoms with Crippen LogP contribution in [0.15, 0.2) is 53.4 Å². The number of carbonyl (C=O) groups excluding carboxylic acids is 1. The van der Waals surface area contributed by atoms with Gasteiger partial charge in [0, 0.05) is 25.2 Å². The Kier molecular flexibility index (Phi) is 7.57. The fourth-order valence-corrected chi connectivity index (χ4v) is 3.89. The van der Waals surface area contributed by atoms with E-state index in [9.17, 15) is 13.2 Å². The lowest BCUT2D eigenvalue weighted by Gasteiger charge is -2.19. The van der Waals surface area contributed by atoms with Gasteiger partial charge in [0.1, 0.15) is 0 Å². The van der Waals surface area contributed by atoms with Gasteiger partial charge in [-0.1, -0.05) is 45.0 Å². The molecule has 0 saturated carbocycles. The second-order valence-electron chi connectivity index (χ2n) is 7.90. The van der Waals surface area contributed by atoms with Crippen LogP contribution >= 0.6 is 0 Å². The minimum Gasteiger partial charge on any atom is -0.395 e. The van der Waals surface area contributed by atoms with Gasteiger partial charge < -0.3 is 10.0 Å². The van der Waals surface area contributed by atoms with E-state index >= 15 is 0 Å². The third kappa shape index (κ3) is 6.13. The highest BCUT2D eigenvalue weighted by molar-refractivity contribution is 7.89. The molecule has 158 valence electrons. The Morgan fingerprint density at radius 2 is 1.62 bits per heavy atom. The number of benzene rings is 2. The molecule has 0 atom stereocenters. The molecule has 0 saturated heterocycles. The van der Waals surface area contributed by atoms with Crippen molar-refractivity contribution in [1.82, 2.24) is 9.62 Å². The van der Waals surface area contributed by atoms with Crippen LogP contribution in [0.25, 0.3) is 0 Å². The van der Waals surface area contributed by atoms with Crippen LogP contribution in [0.4, 0.5) is 0 Å². The predicted octanol–water partition coefficient (Wildman–Crippen LogP) is 2.92. The average molecular weight is 419 g/mol. The molecule has 1 amide bonds. The lowest BCUT2D eigenvalue weighted by molar-refractivity contribution is 0.0732. The van der Waals surface area contributed by atoms with Gasteiger partial charge in [0.25, 0.3) is 5.91 Å². The zero-order chi connectivity index (χ0) is 21.7. The van der Waals surface area contributed by atoms with Crippen molar-refractivity contribution in [2.45, 2.75) is 44.6 Å². The highest BCUT2D eigenvalue weighted by Gasteiger charge is 2.18. The quantitative estimate of drug-likeness (QED) is 0.690. The molecule has 2 N–H and O–H groups in total. The third-order valence-electron chi connectivity index (χ3n) is 4.74. The molecule has 0 radical (unpaired) electrons. The van der Waals surface area contributed by atoms with Gasteiger partial charge in [-0.25, -0.2) is 13.1 Å². The molecular weight excluding hydrogens is 388 g/mol. The number of carbonyl (C=O) groups is 1. The van der Waals surface area contributed by atoms with Crippen LogP contribution in [-0.4, -0.2) is 44.0 Å². The van der Waals surface area contributed by atoms with Crippen molar-refractivity contribution in [1.29, 1.82) is 0 Å². The Morgan fingerprint density at radius 3 is 2.10 bits per heavy atom. The zero-order valence-corrected chi connectivity index (χ0v) is 18.3. The number of rotatable bonds is 8. The van der Waals surface area contributed by atoms with Gasteiger partial charge in [-0.3, -0.25) is 4.79 Å². The molecule has 2 aromatic carbocycles. The summed E-state index contributed by atoms with van der Waals surface area (Å²) in [5.74, 6) is -0.160. The van der Waals surface area contributed by atoms with E-state index in [4.69, 9.17) is 5.11 Å². The van der Waals surface area contributed by atoms with Gasteiger partial charge >= 0.3 is 0 Å². The molecule has 29 heavy (non-hydrogen) atoms. The van der Waals surface area contributed by atoms with Crippen LogP contribution in [0.1, 0.15) is 49.2 Å². The standard InChI is InChI=1S/C22H30N2O4S/c1-5-24(14-15-25)21(26)18-8-6-17(7-9-18)16-23-29(27,28)20-12-10-19(11-13-20)22(2,3)4/h6-13,23,25H,5,14-16H2,1-4H3. The summed E-state index contributed by atoms with van der Waals surface area (Å²) in [7, 11) is -3.62. The number of hydrogen-bond donors (Lipinski definition) is 2. The smallest absolute Gasteiger partial charge is 0.253 e. The molecular formula is C22H30N2O4S. The number of aliphatic hydroxyl groups is 1. The van der Waals surface area contributed by atoms with E-state index in [-0.39, 0.29) is 35.9 Å². The fourth-order valence-electron chi connectivity index (χ4n) is 2.87. The van der Waals surface area contributed by atoms with Crippen molar-refractivity contribution in [2.24, 2.45) is 0 Å². The first kappa shape index (κ1) is 23.1.